The Morgan fingerprint density at radius 3 is 1.37 bits per heavy atom. The van der Waals surface area contributed by atoms with E-state index in [1.54, 1.807) is 0 Å². The van der Waals surface area contributed by atoms with E-state index in [0.717, 1.165) is 22.3 Å². The van der Waals surface area contributed by atoms with Crippen molar-refractivity contribution in [2.45, 2.75) is 18.9 Å². The second kappa shape index (κ2) is 17.6. The summed E-state index contributed by atoms with van der Waals surface area (Å²) in [6.45, 7) is 1.42. The highest BCUT2D eigenvalue weighted by Crippen LogP contribution is 2.29. The molecule has 0 N–H and O–H groups in total. The zero-order chi connectivity index (χ0) is 30.9. The van der Waals surface area contributed by atoms with Gasteiger partial charge < -0.3 is 14.2 Å². The fourth-order valence-corrected chi connectivity index (χ4v) is 4.31. The van der Waals surface area contributed by atoms with Gasteiger partial charge in [-0.15, -0.1) is 0 Å². The number of benzene rings is 4. The van der Waals surface area contributed by atoms with E-state index in [2.05, 4.69) is 0 Å². The molecule has 0 saturated carbocycles. The predicted molar refractivity (Wildman–Crippen MR) is 169 cm³/mol. The first kappa shape index (κ1) is 32.3. The van der Waals surface area contributed by atoms with Crippen molar-refractivity contribution in [2.75, 3.05) is 14.2 Å². The third-order valence-corrected chi connectivity index (χ3v) is 6.43. The molecule has 2 atom stereocenters. The molecule has 4 aromatic carbocycles. The quantitative estimate of drug-likeness (QED) is 0.111. The lowest BCUT2D eigenvalue weighted by atomic mass is 9.85. The minimum atomic E-state index is -1.05. The number of carbonyl (C=O) groups excluding carboxylic acids is 3. The van der Waals surface area contributed by atoms with Gasteiger partial charge in [0.05, 0.1) is 14.2 Å². The van der Waals surface area contributed by atoms with Gasteiger partial charge in [-0.05, 0) is 28.3 Å². The summed E-state index contributed by atoms with van der Waals surface area (Å²) in [5.41, 5.74) is 3.86. The summed E-state index contributed by atoms with van der Waals surface area (Å²) in [7, 11) is 2.53. The number of rotatable bonds is 10. The second-order valence-corrected chi connectivity index (χ2v) is 9.44. The van der Waals surface area contributed by atoms with Crippen LogP contribution in [0, 0.1) is 5.92 Å². The summed E-state index contributed by atoms with van der Waals surface area (Å²) in [6, 6.07) is 38.7. The van der Waals surface area contributed by atoms with E-state index in [-0.39, 0.29) is 12.1 Å². The van der Waals surface area contributed by atoms with Crippen LogP contribution in [-0.4, -0.2) is 32.1 Å². The monoisotopic (exact) mass is 576 g/mol. The number of allylic oxidation sites excluding steroid dienone is 1. The molecule has 43 heavy (non-hydrogen) atoms. The van der Waals surface area contributed by atoms with E-state index in [1.165, 1.54) is 21.1 Å². The maximum Gasteiger partial charge on any atom is 0.321 e. The van der Waals surface area contributed by atoms with E-state index in [1.807, 2.05) is 146 Å². The van der Waals surface area contributed by atoms with Crippen LogP contribution < -0.4 is 0 Å². The number of hydrogen-bond donors (Lipinski definition) is 0. The number of methoxy groups -OCH3 is 2. The number of ether oxygens (including phenoxy) is 3. The molecular weight excluding hydrogens is 540 g/mol. The maximum absolute atomic E-state index is 12.2. The Morgan fingerprint density at radius 1 is 0.558 bits per heavy atom. The zero-order valence-corrected chi connectivity index (χ0v) is 24.5. The Hall–Kier alpha value is -5.23. The highest BCUT2D eigenvalue weighted by molar-refractivity contribution is 5.96. The average molecular weight is 577 g/mol. The van der Waals surface area contributed by atoms with Crippen molar-refractivity contribution in [3.63, 3.8) is 0 Å². The molecule has 0 aliphatic heterocycles. The van der Waals surface area contributed by atoms with Crippen LogP contribution in [0.4, 0.5) is 0 Å². The summed E-state index contributed by atoms with van der Waals surface area (Å²) in [4.78, 5) is 35.5. The molecule has 0 spiro atoms. The Labute approximate surface area is 253 Å². The maximum atomic E-state index is 12.2. The first-order valence-electron chi connectivity index (χ1n) is 13.8. The van der Waals surface area contributed by atoms with Crippen molar-refractivity contribution in [3.8, 4) is 0 Å². The summed E-state index contributed by atoms with van der Waals surface area (Å²) < 4.78 is 15.0. The van der Waals surface area contributed by atoms with Crippen LogP contribution in [0.2, 0.25) is 0 Å². The lowest BCUT2D eigenvalue weighted by molar-refractivity contribution is -0.159. The largest absolute Gasteiger partial charge is 0.468 e. The van der Waals surface area contributed by atoms with Crippen molar-refractivity contribution in [1.82, 2.24) is 0 Å². The van der Waals surface area contributed by atoms with Crippen molar-refractivity contribution in [1.29, 1.82) is 0 Å². The Bertz CT molecular complexity index is 1450. The molecule has 0 aromatic heterocycles. The molecule has 0 amide bonds. The van der Waals surface area contributed by atoms with E-state index in [9.17, 15) is 14.4 Å². The minimum absolute atomic E-state index is 0.286. The number of hydrogen-bond acceptors (Lipinski definition) is 6. The summed E-state index contributed by atoms with van der Waals surface area (Å²) in [6.07, 6.45) is 7.23. The Morgan fingerprint density at radius 2 is 0.953 bits per heavy atom. The SMILES string of the molecule is CC(=O)OC(/C=C/c1ccccc1)c1ccccc1.COC(=O)C(C(=O)OC)[C@H](/C=C/c1ccccc1)c1ccccc1. The van der Waals surface area contributed by atoms with E-state index in [0.29, 0.717) is 0 Å². The van der Waals surface area contributed by atoms with Gasteiger partial charge in [0, 0.05) is 12.8 Å². The van der Waals surface area contributed by atoms with Crippen molar-refractivity contribution in [3.05, 3.63) is 156 Å². The molecule has 6 nitrogen and oxygen atoms in total. The first-order valence-corrected chi connectivity index (χ1v) is 13.8. The molecular formula is C37H36O6. The first-order chi connectivity index (χ1) is 20.9. The summed E-state index contributed by atoms with van der Waals surface area (Å²) in [5, 5.41) is 0. The molecule has 1 unspecified atom stereocenters. The van der Waals surface area contributed by atoms with E-state index < -0.39 is 23.8 Å². The van der Waals surface area contributed by atoms with Gasteiger partial charge >= 0.3 is 17.9 Å². The molecule has 0 aliphatic carbocycles. The minimum Gasteiger partial charge on any atom is -0.468 e. The molecule has 0 aliphatic rings. The number of carbonyl (C=O) groups is 3. The third-order valence-electron chi connectivity index (χ3n) is 6.43. The molecule has 4 rings (SSSR count). The van der Waals surface area contributed by atoms with Crippen LogP contribution in [0.5, 0.6) is 0 Å². The third kappa shape index (κ3) is 10.6. The van der Waals surface area contributed by atoms with Crippen molar-refractivity contribution in [2.24, 2.45) is 5.92 Å². The number of esters is 3. The molecule has 0 saturated heterocycles. The van der Waals surface area contributed by atoms with Crippen LogP contribution in [0.15, 0.2) is 133 Å². The summed E-state index contributed by atoms with van der Waals surface area (Å²) >= 11 is 0. The van der Waals surface area contributed by atoms with Crippen LogP contribution in [0.3, 0.4) is 0 Å². The van der Waals surface area contributed by atoms with Gasteiger partial charge in [-0.1, -0.05) is 140 Å². The summed E-state index contributed by atoms with van der Waals surface area (Å²) in [5.74, 6) is -3.05. The highest BCUT2D eigenvalue weighted by atomic mass is 16.5. The smallest absolute Gasteiger partial charge is 0.321 e. The topological polar surface area (TPSA) is 78.9 Å². The fraction of sp³-hybridized carbons (Fsp3) is 0.162. The van der Waals surface area contributed by atoms with Crippen molar-refractivity contribution >= 4 is 30.1 Å². The fourth-order valence-electron chi connectivity index (χ4n) is 4.31. The zero-order valence-electron chi connectivity index (χ0n) is 24.5. The molecule has 0 fully saturated rings. The Balaban J connectivity index is 0.000000242. The van der Waals surface area contributed by atoms with Crippen LogP contribution >= 0.6 is 0 Å². The molecule has 6 heteroatoms. The van der Waals surface area contributed by atoms with Gasteiger partial charge in [-0.25, -0.2) is 0 Å². The average Bonchev–Trinajstić information content (AvgIpc) is 3.06. The van der Waals surface area contributed by atoms with Gasteiger partial charge in [0.1, 0.15) is 6.10 Å². The van der Waals surface area contributed by atoms with E-state index >= 15 is 0 Å². The second-order valence-electron chi connectivity index (χ2n) is 9.44. The molecule has 0 radical (unpaired) electrons. The molecule has 220 valence electrons. The molecule has 4 aromatic rings. The lowest BCUT2D eigenvalue weighted by Crippen LogP contribution is -2.31. The van der Waals surface area contributed by atoms with E-state index in [4.69, 9.17) is 14.2 Å². The van der Waals surface area contributed by atoms with Gasteiger partial charge in [0.15, 0.2) is 5.92 Å². The predicted octanol–water partition coefficient (Wildman–Crippen LogP) is 7.45. The van der Waals surface area contributed by atoms with Crippen LogP contribution in [0.1, 0.15) is 41.2 Å². The lowest BCUT2D eigenvalue weighted by Gasteiger charge is -2.21. The standard InChI is InChI=1S/C20H20O4.C17H16O2/c1-23-19(21)18(20(22)24-2)17(16-11-7-4-8-12-16)14-13-15-9-5-3-6-10-15;1-14(18)19-17(16-10-6-3-7-11-16)13-12-15-8-4-2-5-9-15/h3-14,17-18H,1-2H3;2-13,17H,1H3/b14-13+;13-12+/t17-;/m1./s1. The van der Waals surface area contributed by atoms with Gasteiger partial charge in [-0.3, -0.25) is 14.4 Å². The molecule has 0 heterocycles. The highest BCUT2D eigenvalue weighted by Gasteiger charge is 2.36. The van der Waals surface area contributed by atoms with Crippen LogP contribution in [0.25, 0.3) is 12.2 Å². The van der Waals surface area contributed by atoms with Crippen LogP contribution in [-0.2, 0) is 28.6 Å². The molecule has 0 bridgehead atoms. The van der Waals surface area contributed by atoms with Gasteiger partial charge in [-0.2, -0.15) is 0 Å². The normalized spacial score (nSPS) is 12.2. The van der Waals surface area contributed by atoms with Gasteiger partial charge in [0.2, 0.25) is 0 Å². The van der Waals surface area contributed by atoms with Crippen molar-refractivity contribution < 1.29 is 28.6 Å². The van der Waals surface area contributed by atoms with Gasteiger partial charge in [0.25, 0.3) is 0 Å². The Kier molecular flexibility index (Phi) is 13.2.